The predicted octanol–water partition coefficient (Wildman–Crippen LogP) is 8.26. The van der Waals surface area contributed by atoms with E-state index in [9.17, 15) is 24.3 Å². The van der Waals surface area contributed by atoms with Crippen LogP contribution in [0.3, 0.4) is 0 Å². The molecule has 1 saturated heterocycles. The molecule has 15 nitrogen and oxygen atoms in total. The zero-order chi connectivity index (χ0) is 51.2. The predicted molar refractivity (Wildman–Crippen MR) is 280 cm³/mol. The molecule has 4 N–H and O–H groups in total. The van der Waals surface area contributed by atoms with Gasteiger partial charge in [-0.2, -0.15) is 0 Å². The molecule has 3 aliphatic rings. The number of carbonyl (C=O) groups excluding carboxylic acids is 4. The molecule has 9 rings (SSSR count). The number of aliphatic hydroxyl groups is 1. The van der Waals surface area contributed by atoms with Crippen LogP contribution in [0, 0.1) is 33.1 Å². The summed E-state index contributed by atoms with van der Waals surface area (Å²) in [6.45, 7) is 15.5. The van der Waals surface area contributed by atoms with Crippen molar-refractivity contribution in [2.75, 3.05) is 6.54 Å². The number of hydrogen-bond acceptors (Lipinski definition) is 12. The Morgan fingerprint density at radius 1 is 0.889 bits per heavy atom. The topological polar surface area (TPSA) is 193 Å². The van der Waals surface area contributed by atoms with Gasteiger partial charge in [0, 0.05) is 52.9 Å². The Kier molecular flexibility index (Phi) is 14.6. The second kappa shape index (κ2) is 20.7. The van der Waals surface area contributed by atoms with E-state index in [0.29, 0.717) is 29.4 Å². The number of aromatic nitrogens is 4. The molecule has 1 unspecified atom stereocenters. The first-order chi connectivity index (χ1) is 34.3. The summed E-state index contributed by atoms with van der Waals surface area (Å²) < 4.78 is 8.29. The molecule has 0 spiro atoms. The fourth-order valence-corrected chi connectivity index (χ4v) is 11.8. The van der Waals surface area contributed by atoms with Gasteiger partial charge in [-0.25, -0.2) is 4.98 Å². The number of nitrogens with zero attached hydrogens (tertiary/aromatic N) is 6. The van der Waals surface area contributed by atoms with Crippen molar-refractivity contribution in [3.05, 3.63) is 133 Å². The average Bonchev–Trinajstić information content (AvgIpc) is 4.10. The molecular formula is C54H60ClN9O6S2. The van der Waals surface area contributed by atoms with Gasteiger partial charge in [0.05, 0.1) is 46.8 Å². The van der Waals surface area contributed by atoms with Crippen LogP contribution in [0.5, 0.6) is 5.75 Å². The van der Waals surface area contributed by atoms with Crippen molar-refractivity contribution in [2.24, 2.45) is 10.4 Å². The third-order valence-electron chi connectivity index (χ3n) is 13.8. The molecule has 376 valence electrons. The number of benzene rings is 3. The number of ether oxygens (including phenoxy) is 1. The minimum atomic E-state index is -0.959. The molecule has 0 bridgehead atoms. The van der Waals surface area contributed by atoms with E-state index in [-0.39, 0.29) is 61.7 Å². The SMILES string of the molecule is Cc1ncsc1-c1ccc([C@H](C)NC(=O)[C@@H]2C[C@@H](O)CN2C(=O)C(NC(=O)Cc2ccc(OC3CC(NC(=O)C[C@@H]4N=C(c5ccc(Cl)cc5)c5c(sc(C)c5C)-n5c(C)nnc54)C3)cc2)C(C)(C)C)cc1. The van der Waals surface area contributed by atoms with Gasteiger partial charge >= 0.3 is 0 Å². The molecule has 5 heterocycles. The van der Waals surface area contributed by atoms with Crippen LogP contribution in [0.15, 0.2) is 83.3 Å². The molecule has 3 aromatic heterocycles. The summed E-state index contributed by atoms with van der Waals surface area (Å²) in [4.78, 5) is 68.5. The van der Waals surface area contributed by atoms with E-state index in [4.69, 9.17) is 21.3 Å². The lowest BCUT2D eigenvalue weighted by atomic mass is 9.85. The molecule has 2 fully saturated rings. The summed E-state index contributed by atoms with van der Waals surface area (Å²) in [7, 11) is 0. The number of aliphatic hydroxyl groups excluding tert-OH is 1. The van der Waals surface area contributed by atoms with Crippen LogP contribution in [-0.2, 0) is 25.6 Å². The maximum absolute atomic E-state index is 14.3. The number of hydrogen-bond donors (Lipinski definition) is 4. The van der Waals surface area contributed by atoms with Gasteiger partial charge in [0.1, 0.15) is 40.8 Å². The maximum Gasteiger partial charge on any atom is 0.246 e. The van der Waals surface area contributed by atoms with E-state index in [1.54, 1.807) is 22.7 Å². The summed E-state index contributed by atoms with van der Waals surface area (Å²) in [5.74, 6) is 0.706. The van der Waals surface area contributed by atoms with Crippen LogP contribution in [0.1, 0.15) is 115 Å². The van der Waals surface area contributed by atoms with Crippen LogP contribution >= 0.6 is 34.3 Å². The summed E-state index contributed by atoms with van der Waals surface area (Å²) >= 11 is 9.51. The summed E-state index contributed by atoms with van der Waals surface area (Å²) in [5, 5.41) is 30.5. The first kappa shape index (κ1) is 50.7. The van der Waals surface area contributed by atoms with Crippen molar-refractivity contribution < 1.29 is 29.0 Å². The smallest absolute Gasteiger partial charge is 0.246 e. The number of rotatable bonds is 14. The number of thiophene rings is 1. The van der Waals surface area contributed by atoms with Gasteiger partial charge in [0.25, 0.3) is 0 Å². The molecular weight excluding hydrogens is 970 g/mol. The normalized spacial score (nSPS) is 20.3. The minimum absolute atomic E-state index is 0.0126. The van der Waals surface area contributed by atoms with Gasteiger partial charge < -0.3 is 30.7 Å². The van der Waals surface area contributed by atoms with E-state index < -0.39 is 35.6 Å². The third kappa shape index (κ3) is 10.8. The number of carbonyl (C=O) groups is 4. The first-order valence-electron chi connectivity index (χ1n) is 24.3. The quantitative estimate of drug-likeness (QED) is 0.0832. The van der Waals surface area contributed by atoms with Crippen LogP contribution < -0.4 is 20.7 Å². The molecule has 4 amide bonds. The lowest BCUT2D eigenvalue weighted by molar-refractivity contribution is -0.144. The van der Waals surface area contributed by atoms with Gasteiger partial charge in [-0.3, -0.25) is 28.7 Å². The van der Waals surface area contributed by atoms with E-state index in [1.165, 1.54) is 9.78 Å². The molecule has 6 aromatic rings. The van der Waals surface area contributed by atoms with E-state index in [2.05, 4.69) is 45.0 Å². The summed E-state index contributed by atoms with van der Waals surface area (Å²) in [5.41, 5.74) is 8.58. The monoisotopic (exact) mass is 1030 g/mol. The van der Waals surface area contributed by atoms with Gasteiger partial charge in [0.15, 0.2) is 5.82 Å². The number of thiazole rings is 1. The Bertz CT molecular complexity index is 3030. The van der Waals surface area contributed by atoms with Gasteiger partial charge in [-0.1, -0.05) is 80.9 Å². The number of nitrogens with one attached hydrogen (secondary N) is 3. The Labute approximate surface area is 432 Å². The maximum atomic E-state index is 14.3. The van der Waals surface area contributed by atoms with Crippen LogP contribution in [0.2, 0.25) is 5.02 Å². The first-order valence-corrected chi connectivity index (χ1v) is 26.4. The van der Waals surface area contributed by atoms with Crippen LogP contribution in [0.4, 0.5) is 0 Å². The fourth-order valence-electron chi connectivity index (χ4n) is 9.67. The zero-order valence-electron chi connectivity index (χ0n) is 41.7. The number of amides is 4. The third-order valence-corrected chi connectivity index (χ3v) is 16.3. The average molecular weight is 1030 g/mol. The van der Waals surface area contributed by atoms with E-state index in [0.717, 1.165) is 60.5 Å². The largest absolute Gasteiger partial charge is 0.490 e. The number of fused-ring (bicyclic) bond motifs is 3. The highest BCUT2D eigenvalue weighted by Gasteiger charge is 2.45. The Hall–Kier alpha value is -6.27. The van der Waals surface area contributed by atoms with Crippen LogP contribution in [-0.4, -0.2) is 96.0 Å². The zero-order valence-corrected chi connectivity index (χ0v) is 44.0. The molecule has 0 radical (unpaired) electrons. The highest BCUT2D eigenvalue weighted by atomic mass is 35.5. The Morgan fingerprint density at radius 2 is 1.58 bits per heavy atom. The van der Waals surface area contributed by atoms with E-state index in [1.807, 2.05) is 124 Å². The number of β-amino-alcohol motifs (C(OH)–C–C–N with tert-alkyl or cyclic N) is 1. The van der Waals surface area contributed by atoms with Crippen molar-refractivity contribution in [1.29, 1.82) is 0 Å². The van der Waals surface area contributed by atoms with Gasteiger partial charge in [-0.05, 0) is 86.6 Å². The molecule has 1 saturated carbocycles. The highest BCUT2D eigenvalue weighted by Crippen LogP contribution is 2.40. The Morgan fingerprint density at radius 3 is 2.25 bits per heavy atom. The second-order valence-corrected chi connectivity index (χ2v) is 22.8. The molecule has 1 aliphatic carbocycles. The van der Waals surface area contributed by atoms with Gasteiger partial charge in [-0.15, -0.1) is 32.9 Å². The molecule has 3 aromatic carbocycles. The Balaban J connectivity index is 0.768. The molecule has 72 heavy (non-hydrogen) atoms. The lowest BCUT2D eigenvalue weighted by Crippen LogP contribution is -2.58. The molecule has 5 atom stereocenters. The standard InChI is InChI=1S/C54H60ClN9O6S2/c1-28-31(4)72-53-46(28)47(35-15-17-37(55)18-16-35)59-42(50-62-61-32(5)64(50)53)25-45(67)58-38-22-41(23-38)70-40-19-9-33(10-20-40)21-44(66)60-49(54(6,7)8)52(69)63-26-39(65)24-43(63)51(68)57-29(2)34-11-13-36(14-12-34)48-30(3)56-27-71-48/h9-20,27,29,38-39,41-43,49,65H,21-26H2,1-8H3,(H,57,68)(H,58,67)(H,60,66)/t29-,38?,39+,41?,42-,43-,49?/m0/s1. The van der Waals surface area contributed by atoms with Crippen molar-refractivity contribution in [3.63, 3.8) is 0 Å². The lowest BCUT2D eigenvalue weighted by Gasteiger charge is -2.36. The van der Waals surface area contributed by atoms with Gasteiger partial charge in [0.2, 0.25) is 23.6 Å². The fraction of sp³-hybridized carbons (Fsp3) is 0.407. The second-order valence-electron chi connectivity index (χ2n) is 20.3. The van der Waals surface area contributed by atoms with Crippen molar-refractivity contribution in [1.82, 2.24) is 40.6 Å². The molecule has 18 heteroatoms. The van der Waals surface area contributed by atoms with Crippen molar-refractivity contribution in [2.45, 2.75) is 130 Å². The molecule has 2 aliphatic heterocycles. The highest BCUT2D eigenvalue weighted by molar-refractivity contribution is 7.15. The van der Waals surface area contributed by atoms with Crippen molar-refractivity contribution in [3.8, 4) is 21.2 Å². The number of aliphatic imine (C=N–C) groups is 1. The summed E-state index contributed by atoms with van der Waals surface area (Å²) in [6.07, 6.45) is 0.466. The minimum Gasteiger partial charge on any atom is -0.490 e. The summed E-state index contributed by atoms with van der Waals surface area (Å²) in [6, 6.07) is 20.0. The van der Waals surface area contributed by atoms with Crippen LogP contribution in [0.25, 0.3) is 15.4 Å². The van der Waals surface area contributed by atoms with Crippen molar-refractivity contribution >= 4 is 63.6 Å². The number of aryl methyl sites for hydroxylation is 3. The van der Waals surface area contributed by atoms with E-state index >= 15 is 0 Å². The number of likely N-dealkylation sites (tertiary alicyclic amines) is 1. The number of halogens is 1.